The molecule has 2 aromatic rings. The van der Waals surface area contributed by atoms with Gasteiger partial charge in [0, 0.05) is 17.6 Å². The van der Waals surface area contributed by atoms with Gasteiger partial charge >= 0.3 is 0 Å². The standard InChI is InChI=1S/C16H19BrN4O3/c1-20(11-15(22)21-6-8-23-9-7-21)10-14-18-19-16(24-14)12-4-2-3-5-13(12)17/h2-5H,6-11H2,1H3. The van der Waals surface area contributed by atoms with Gasteiger partial charge in [0.15, 0.2) is 0 Å². The zero-order chi connectivity index (χ0) is 16.9. The third-order valence-corrected chi connectivity index (χ3v) is 4.44. The first-order valence-corrected chi connectivity index (χ1v) is 8.54. The summed E-state index contributed by atoms with van der Waals surface area (Å²) in [7, 11) is 1.86. The van der Waals surface area contributed by atoms with E-state index in [1.54, 1.807) is 0 Å². The molecule has 1 fully saturated rings. The molecular weight excluding hydrogens is 376 g/mol. The van der Waals surface area contributed by atoms with Gasteiger partial charge in [-0.15, -0.1) is 10.2 Å². The summed E-state index contributed by atoms with van der Waals surface area (Å²) in [6.07, 6.45) is 0. The van der Waals surface area contributed by atoms with Crippen molar-refractivity contribution in [2.24, 2.45) is 0 Å². The predicted octanol–water partition coefficient (Wildman–Crippen LogP) is 1.79. The first-order chi connectivity index (χ1) is 11.6. The van der Waals surface area contributed by atoms with Crippen LogP contribution in [-0.2, 0) is 16.1 Å². The lowest BCUT2D eigenvalue weighted by Crippen LogP contribution is -2.44. The number of rotatable bonds is 5. The number of likely N-dealkylation sites (N-methyl/N-ethyl adjacent to an activating group) is 1. The van der Waals surface area contributed by atoms with Crippen LogP contribution in [0.1, 0.15) is 5.89 Å². The van der Waals surface area contributed by atoms with Crippen LogP contribution in [0.2, 0.25) is 0 Å². The van der Waals surface area contributed by atoms with Gasteiger partial charge in [0.1, 0.15) is 0 Å². The van der Waals surface area contributed by atoms with Gasteiger partial charge in [-0.3, -0.25) is 9.69 Å². The smallest absolute Gasteiger partial charge is 0.248 e. The first-order valence-electron chi connectivity index (χ1n) is 7.75. The summed E-state index contributed by atoms with van der Waals surface area (Å²) in [5.41, 5.74) is 0.850. The molecule has 0 spiro atoms. The lowest BCUT2D eigenvalue weighted by Gasteiger charge is -2.28. The molecule has 0 unspecified atom stereocenters. The van der Waals surface area contributed by atoms with Crippen molar-refractivity contribution in [3.05, 3.63) is 34.6 Å². The maximum atomic E-state index is 12.2. The maximum Gasteiger partial charge on any atom is 0.248 e. The molecule has 1 aromatic carbocycles. The second kappa shape index (κ2) is 7.87. The third kappa shape index (κ3) is 4.19. The molecule has 7 nitrogen and oxygen atoms in total. The number of hydrogen-bond acceptors (Lipinski definition) is 6. The molecule has 2 heterocycles. The van der Waals surface area contributed by atoms with E-state index in [9.17, 15) is 4.79 Å². The van der Waals surface area contributed by atoms with Crippen LogP contribution in [0.25, 0.3) is 11.5 Å². The molecule has 0 atom stereocenters. The van der Waals surface area contributed by atoms with Crippen molar-refractivity contribution < 1.29 is 13.9 Å². The molecule has 0 bridgehead atoms. The van der Waals surface area contributed by atoms with Crippen molar-refractivity contribution in [2.45, 2.75) is 6.54 Å². The number of halogens is 1. The molecule has 0 radical (unpaired) electrons. The SMILES string of the molecule is CN(CC(=O)N1CCOCC1)Cc1nnc(-c2ccccc2Br)o1. The van der Waals surface area contributed by atoms with Crippen LogP contribution < -0.4 is 0 Å². The number of morpholine rings is 1. The highest BCUT2D eigenvalue weighted by molar-refractivity contribution is 9.10. The number of ether oxygens (including phenoxy) is 1. The average Bonchev–Trinajstić information content (AvgIpc) is 3.04. The lowest BCUT2D eigenvalue weighted by molar-refractivity contribution is -0.136. The van der Waals surface area contributed by atoms with Crippen LogP contribution >= 0.6 is 15.9 Å². The van der Waals surface area contributed by atoms with Gasteiger partial charge in [-0.1, -0.05) is 12.1 Å². The van der Waals surface area contributed by atoms with Crippen molar-refractivity contribution in [2.75, 3.05) is 39.9 Å². The van der Waals surface area contributed by atoms with Gasteiger partial charge < -0.3 is 14.1 Å². The Morgan fingerprint density at radius 3 is 2.79 bits per heavy atom. The fraction of sp³-hybridized carbons (Fsp3) is 0.438. The topological polar surface area (TPSA) is 71.7 Å². The number of aromatic nitrogens is 2. The normalized spacial score (nSPS) is 15.0. The Hall–Kier alpha value is -1.77. The van der Waals surface area contributed by atoms with E-state index in [0.29, 0.717) is 51.2 Å². The van der Waals surface area contributed by atoms with Gasteiger partial charge in [0.2, 0.25) is 17.7 Å². The summed E-state index contributed by atoms with van der Waals surface area (Å²) in [4.78, 5) is 15.9. The van der Waals surface area contributed by atoms with Crippen molar-refractivity contribution in [1.82, 2.24) is 20.0 Å². The zero-order valence-corrected chi connectivity index (χ0v) is 15.0. The van der Waals surface area contributed by atoms with E-state index in [2.05, 4.69) is 26.1 Å². The molecule has 0 N–H and O–H groups in total. The molecule has 1 aliphatic rings. The second-order valence-corrected chi connectivity index (χ2v) is 6.50. The number of carbonyl (C=O) groups excluding carboxylic acids is 1. The molecule has 1 aliphatic heterocycles. The third-order valence-electron chi connectivity index (χ3n) is 3.75. The number of benzene rings is 1. The molecule has 24 heavy (non-hydrogen) atoms. The average molecular weight is 395 g/mol. The van der Waals surface area contributed by atoms with E-state index < -0.39 is 0 Å². The number of carbonyl (C=O) groups is 1. The summed E-state index contributed by atoms with van der Waals surface area (Å²) in [6, 6.07) is 7.67. The predicted molar refractivity (Wildman–Crippen MR) is 91.2 cm³/mol. The van der Waals surface area contributed by atoms with E-state index in [1.165, 1.54) is 0 Å². The first kappa shape index (κ1) is 17.1. The van der Waals surface area contributed by atoms with Crippen LogP contribution in [-0.4, -0.2) is 65.8 Å². The molecule has 3 rings (SSSR count). The fourth-order valence-corrected chi connectivity index (χ4v) is 2.95. The Morgan fingerprint density at radius 2 is 2.04 bits per heavy atom. The maximum absolute atomic E-state index is 12.2. The van der Waals surface area contributed by atoms with E-state index in [0.717, 1.165) is 10.0 Å². The highest BCUT2D eigenvalue weighted by Gasteiger charge is 2.19. The minimum atomic E-state index is 0.0892. The van der Waals surface area contributed by atoms with E-state index >= 15 is 0 Å². The van der Waals surface area contributed by atoms with Gasteiger partial charge in [0.25, 0.3) is 0 Å². The van der Waals surface area contributed by atoms with Crippen molar-refractivity contribution in [3.8, 4) is 11.5 Å². The van der Waals surface area contributed by atoms with Gasteiger partial charge in [0.05, 0.1) is 31.9 Å². The quantitative estimate of drug-likeness (QED) is 0.769. The monoisotopic (exact) mass is 394 g/mol. The number of hydrogen-bond donors (Lipinski definition) is 0. The molecular formula is C16H19BrN4O3. The van der Waals surface area contributed by atoms with Crippen LogP contribution in [0.3, 0.4) is 0 Å². The summed E-state index contributed by atoms with van der Waals surface area (Å²) in [5.74, 6) is 1.04. The lowest BCUT2D eigenvalue weighted by atomic mass is 10.2. The Balaban J connectivity index is 1.58. The van der Waals surface area contributed by atoms with E-state index in [-0.39, 0.29) is 5.91 Å². The van der Waals surface area contributed by atoms with Crippen LogP contribution in [0, 0.1) is 0 Å². The summed E-state index contributed by atoms with van der Waals surface area (Å²) >= 11 is 3.47. The molecule has 0 saturated carbocycles. The molecule has 8 heteroatoms. The Kier molecular flexibility index (Phi) is 5.60. The minimum absolute atomic E-state index is 0.0892. The molecule has 1 aromatic heterocycles. The van der Waals surface area contributed by atoms with Gasteiger partial charge in [-0.25, -0.2) is 0 Å². The van der Waals surface area contributed by atoms with Crippen LogP contribution in [0.5, 0.6) is 0 Å². The van der Waals surface area contributed by atoms with Crippen molar-refractivity contribution in [1.29, 1.82) is 0 Å². The summed E-state index contributed by atoms with van der Waals surface area (Å²) < 4.78 is 11.9. The van der Waals surface area contributed by atoms with Crippen LogP contribution in [0.4, 0.5) is 0 Å². The van der Waals surface area contributed by atoms with Crippen LogP contribution in [0.15, 0.2) is 33.2 Å². The zero-order valence-electron chi connectivity index (χ0n) is 13.4. The molecule has 1 saturated heterocycles. The minimum Gasteiger partial charge on any atom is -0.419 e. The highest BCUT2D eigenvalue weighted by Crippen LogP contribution is 2.26. The Labute approximate surface area is 148 Å². The van der Waals surface area contributed by atoms with Gasteiger partial charge in [-0.2, -0.15) is 0 Å². The van der Waals surface area contributed by atoms with Crippen molar-refractivity contribution in [3.63, 3.8) is 0 Å². The fourth-order valence-electron chi connectivity index (χ4n) is 2.49. The summed E-state index contributed by atoms with van der Waals surface area (Å²) in [5, 5.41) is 8.15. The Bertz CT molecular complexity index is 700. The van der Waals surface area contributed by atoms with Gasteiger partial charge in [-0.05, 0) is 35.1 Å². The molecule has 128 valence electrons. The summed E-state index contributed by atoms with van der Waals surface area (Å²) in [6.45, 7) is 3.25. The van der Waals surface area contributed by atoms with E-state index in [4.69, 9.17) is 9.15 Å². The number of amides is 1. The largest absolute Gasteiger partial charge is 0.419 e. The molecule has 1 amide bonds. The Morgan fingerprint density at radius 1 is 1.29 bits per heavy atom. The highest BCUT2D eigenvalue weighted by atomic mass is 79.9. The molecule has 0 aliphatic carbocycles. The van der Waals surface area contributed by atoms with E-state index in [1.807, 2.05) is 41.1 Å². The van der Waals surface area contributed by atoms with Crippen molar-refractivity contribution >= 4 is 21.8 Å². The second-order valence-electron chi connectivity index (χ2n) is 5.65. The number of nitrogens with zero attached hydrogens (tertiary/aromatic N) is 4.